The number of carbonyl (C=O) groups excluding carboxylic acids is 3. The topological polar surface area (TPSA) is 69.7 Å². The van der Waals surface area contributed by atoms with E-state index in [1.165, 1.54) is 0 Å². The Bertz CT molecular complexity index is 1280. The van der Waals surface area contributed by atoms with E-state index in [1.54, 1.807) is 40.1 Å². The molecule has 1 aliphatic rings. The average Bonchev–Trinajstić information content (AvgIpc) is 2.88. The third-order valence-corrected chi connectivity index (χ3v) is 7.11. The van der Waals surface area contributed by atoms with Crippen LogP contribution >= 0.6 is 23.2 Å². The van der Waals surface area contributed by atoms with Gasteiger partial charge in [-0.15, -0.1) is 0 Å². The van der Waals surface area contributed by atoms with Crippen LogP contribution in [0.2, 0.25) is 10.0 Å². The molecule has 1 N–H and O–H groups in total. The molecule has 192 valence electrons. The van der Waals surface area contributed by atoms with Crippen LogP contribution in [0.25, 0.3) is 0 Å². The standard InChI is InChI=1S/C29H29Cl2N3O3/c1-19-8-10-22(11-9-19)27(35)32-26(16-21-6-4-3-5-7-21)29(37)33-14-15-34(20(2)18-33)28(36)24-13-12-23(30)17-25(24)31/h3-13,17,20,26H,14-16,18H2,1-2H3,(H,32,35)/t20-,26-/m1/s1. The van der Waals surface area contributed by atoms with Gasteiger partial charge in [-0.25, -0.2) is 0 Å². The molecule has 1 fully saturated rings. The summed E-state index contributed by atoms with van der Waals surface area (Å²) in [5, 5.41) is 3.70. The molecule has 3 aromatic rings. The minimum absolute atomic E-state index is 0.173. The number of nitrogens with zero attached hydrogens (tertiary/aromatic N) is 2. The Morgan fingerprint density at radius 3 is 2.32 bits per heavy atom. The van der Waals surface area contributed by atoms with Crippen molar-refractivity contribution in [2.75, 3.05) is 19.6 Å². The van der Waals surface area contributed by atoms with Gasteiger partial charge in [0.15, 0.2) is 0 Å². The van der Waals surface area contributed by atoms with Crippen LogP contribution in [0.5, 0.6) is 0 Å². The first-order chi connectivity index (χ1) is 17.7. The number of carbonyl (C=O) groups is 3. The van der Waals surface area contributed by atoms with Crippen molar-refractivity contribution in [3.8, 4) is 0 Å². The number of halogens is 2. The Balaban J connectivity index is 1.48. The number of aryl methyl sites for hydroxylation is 1. The highest BCUT2D eigenvalue weighted by atomic mass is 35.5. The molecule has 3 amide bonds. The van der Waals surface area contributed by atoms with Gasteiger partial charge in [-0.1, -0.05) is 71.2 Å². The van der Waals surface area contributed by atoms with Crippen molar-refractivity contribution in [3.05, 3.63) is 105 Å². The maximum atomic E-state index is 13.7. The van der Waals surface area contributed by atoms with Crippen molar-refractivity contribution in [2.45, 2.75) is 32.4 Å². The molecule has 6 nitrogen and oxygen atoms in total. The lowest BCUT2D eigenvalue weighted by Gasteiger charge is -2.41. The number of hydrogen-bond donors (Lipinski definition) is 1. The smallest absolute Gasteiger partial charge is 0.255 e. The zero-order valence-electron chi connectivity index (χ0n) is 20.8. The second-order valence-electron chi connectivity index (χ2n) is 9.34. The van der Waals surface area contributed by atoms with Gasteiger partial charge < -0.3 is 15.1 Å². The van der Waals surface area contributed by atoms with E-state index in [4.69, 9.17) is 23.2 Å². The summed E-state index contributed by atoms with van der Waals surface area (Å²) >= 11 is 12.2. The Labute approximate surface area is 227 Å². The monoisotopic (exact) mass is 537 g/mol. The number of amides is 3. The van der Waals surface area contributed by atoms with Gasteiger partial charge in [-0.05, 0) is 49.7 Å². The highest BCUT2D eigenvalue weighted by Crippen LogP contribution is 2.24. The van der Waals surface area contributed by atoms with Crippen LogP contribution in [-0.4, -0.2) is 59.2 Å². The van der Waals surface area contributed by atoms with Gasteiger partial charge in [0.25, 0.3) is 11.8 Å². The zero-order chi connectivity index (χ0) is 26.5. The third-order valence-electron chi connectivity index (χ3n) is 6.56. The molecule has 0 unspecified atom stereocenters. The molecule has 1 saturated heterocycles. The van der Waals surface area contributed by atoms with Gasteiger partial charge >= 0.3 is 0 Å². The molecule has 0 aliphatic carbocycles. The molecule has 1 heterocycles. The minimum atomic E-state index is -0.739. The molecule has 8 heteroatoms. The number of nitrogens with one attached hydrogen (secondary N) is 1. The maximum absolute atomic E-state index is 13.7. The highest BCUT2D eigenvalue weighted by Gasteiger charge is 2.34. The molecule has 0 bridgehead atoms. The number of piperazine rings is 1. The lowest BCUT2D eigenvalue weighted by Crippen LogP contribution is -2.59. The molecule has 1 aliphatic heterocycles. The summed E-state index contributed by atoms with van der Waals surface area (Å²) in [6, 6.07) is 20.7. The van der Waals surface area contributed by atoms with Gasteiger partial charge in [-0.2, -0.15) is 0 Å². The lowest BCUT2D eigenvalue weighted by molar-refractivity contribution is -0.135. The predicted octanol–water partition coefficient (Wildman–Crippen LogP) is 5.02. The van der Waals surface area contributed by atoms with Crippen LogP contribution in [0.1, 0.15) is 38.8 Å². The van der Waals surface area contributed by atoms with E-state index in [0.29, 0.717) is 47.2 Å². The summed E-state index contributed by atoms with van der Waals surface area (Å²) in [6.45, 7) is 4.91. The van der Waals surface area contributed by atoms with E-state index in [-0.39, 0.29) is 23.8 Å². The summed E-state index contributed by atoms with van der Waals surface area (Å²) in [5.41, 5.74) is 2.88. The van der Waals surface area contributed by atoms with E-state index < -0.39 is 6.04 Å². The third kappa shape index (κ3) is 6.51. The van der Waals surface area contributed by atoms with E-state index in [9.17, 15) is 14.4 Å². The molecule has 4 rings (SSSR count). The van der Waals surface area contributed by atoms with E-state index in [2.05, 4.69) is 5.32 Å². The normalized spacial score (nSPS) is 16.3. The second kappa shape index (κ2) is 11.8. The van der Waals surface area contributed by atoms with Crippen LogP contribution < -0.4 is 5.32 Å². The van der Waals surface area contributed by atoms with E-state index >= 15 is 0 Å². The van der Waals surface area contributed by atoms with Crippen molar-refractivity contribution in [2.24, 2.45) is 0 Å². The molecule has 0 aromatic heterocycles. The summed E-state index contributed by atoms with van der Waals surface area (Å²) in [6.07, 6.45) is 0.366. The Kier molecular flexibility index (Phi) is 8.52. The van der Waals surface area contributed by atoms with Gasteiger partial charge in [0.1, 0.15) is 6.04 Å². The van der Waals surface area contributed by atoms with E-state index in [1.807, 2.05) is 56.3 Å². The van der Waals surface area contributed by atoms with Crippen molar-refractivity contribution >= 4 is 40.9 Å². The van der Waals surface area contributed by atoms with Crippen LogP contribution in [0.3, 0.4) is 0 Å². The van der Waals surface area contributed by atoms with Crippen LogP contribution in [-0.2, 0) is 11.2 Å². The Morgan fingerprint density at radius 2 is 1.68 bits per heavy atom. The largest absolute Gasteiger partial charge is 0.340 e. The van der Waals surface area contributed by atoms with E-state index in [0.717, 1.165) is 11.1 Å². The first-order valence-electron chi connectivity index (χ1n) is 12.2. The van der Waals surface area contributed by atoms with Crippen LogP contribution in [0.4, 0.5) is 0 Å². The van der Waals surface area contributed by atoms with Gasteiger partial charge in [0.2, 0.25) is 5.91 Å². The van der Waals surface area contributed by atoms with Gasteiger partial charge in [0, 0.05) is 42.7 Å². The number of rotatable bonds is 6. The van der Waals surface area contributed by atoms with Crippen molar-refractivity contribution < 1.29 is 14.4 Å². The van der Waals surface area contributed by atoms with Crippen molar-refractivity contribution in [3.63, 3.8) is 0 Å². The molecule has 37 heavy (non-hydrogen) atoms. The van der Waals surface area contributed by atoms with Crippen molar-refractivity contribution in [1.29, 1.82) is 0 Å². The lowest BCUT2D eigenvalue weighted by atomic mass is 10.0. The first-order valence-corrected chi connectivity index (χ1v) is 12.9. The SMILES string of the molecule is Cc1ccc(C(=O)N[C@H](Cc2ccccc2)C(=O)N2CCN(C(=O)c3ccc(Cl)cc3Cl)[C@H](C)C2)cc1. The molecule has 3 aromatic carbocycles. The summed E-state index contributed by atoms with van der Waals surface area (Å²) < 4.78 is 0. The highest BCUT2D eigenvalue weighted by molar-refractivity contribution is 6.36. The molecule has 0 radical (unpaired) electrons. The predicted molar refractivity (Wildman–Crippen MR) is 146 cm³/mol. The minimum Gasteiger partial charge on any atom is -0.340 e. The first kappa shape index (κ1) is 26.7. The zero-order valence-corrected chi connectivity index (χ0v) is 22.3. The average molecular weight is 538 g/mol. The molecule has 0 spiro atoms. The number of benzene rings is 3. The molecule has 2 atom stereocenters. The second-order valence-corrected chi connectivity index (χ2v) is 10.2. The maximum Gasteiger partial charge on any atom is 0.255 e. The fraction of sp³-hybridized carbons (Fsp3) is 0.276. The van der Waals surface area contributed by atoms with Crippen molar-refractivity contribution in [1.82, 2.24) is 15.1 Å². The Hall–Kier alpha value is -3.35. The molecular weight excluding hydrogens is 509 g/mol. The summed E-state index contributed by atoms with van der Waals surface area (Å²) in [7, 11) is 0. The van der Waals surface area contributed by atoms with Gasteiger partial charge in [-0.3, -0.25) is 14.4 Å². The van der Waals surface area contributed by atoms with Gasteiger partial charge in [0.05, 0.1) is 10.6 Å². The van der Waals surface area contributed by atoms with Crippen LogP contribution in [0.15, 0.2) is 72.8 Å². The quantitative estimate of drug-likeness (QED) is 0.480. The van der Waals surface area contributed by atoms with Crippen LogP contribution in [0, 0.1) is 6.92 Å². The summed E-state index contributed by atoms with van der Waals surface area (Å²) in [4.78, 5) is 43.3. The fourth-order valence-electron chi connectivity index (χ4n) is 4.49. The Morgan fingerprint density at radius 1 is 0.973 bits per heavy atom. The molecule has 0 saturated carbocycles. The fourth-order valence-corrected chi connectivity index (χ4v) is 4.98. The number of hydrogen-bond acceptors (Lipinski definition) is 3. The summed E-state index contributed by atoms with van der Waals surface area (Å²) in [5.74, 6) is -0.670. The molecular formula is C29H29Cl2N3O3.